The van der Waals surface area contributed by atoms with Crippen molar-refractivity contribution in [2.24, 2.45) is 0 Å². The van der Waals surface area contributed by atoms with Gasteiger partial charge in [-0.05, 0) is 48.5 Å². The van der Waals surface area contributed by atoms with E-state index in [1.807, 2.05) is 24.3 Å². The lowest BCUT2D eigenvalue weighted by molar-refractivity contribution is -0.133. The van der Waals surface area contributed by atoms with Gasteiger partial charge in [-0.3, -0.25) is 14.4 Å². The first-order valence-electron chi connectivity index (χ1n) is 10.0. The topological polar surface area (TPSA) is 81.8 Å². The number of amides is 3. The van der Waals surface area contributed by atoms with Gasteiger partial charge in [-0.15, -0.1) is 0 Å². The maximum absolute atomic E-state index is 12.4. The third kappa shape index (κ3) is 6.87. The quantitative estimate of drug-likeness (QED) is 0.662. The van der Waals surface area contributed by atoms with Crippen LogP contribution < -0.4 is 15.5 Å². The molecule has 2 aromatic rings. The van der Waals surface area contributed by atoms with Crippen LogP contribution in [0.5, 0.6) is 0 Å². The molecule has 7 nitrogen and oxygen atoms in total. The van der Waals surface area contributed by atoms with Gasteiger partial charge in [0, 0.05) is 60.4 Å². The number of hydrogen-bond acceptors (Lipinski definition) is 4. The zero-order valence-corrected chi connectivity index (χ0v) is 18.5. The summed E-state index contributed by atoms with van der Waals surface area (Å²) in [5.41, 5.74) is 1.54. The van der Waals surface area contributed by atoms with Gasteiger partial charge in [0.25, 0.3) is 5.91 Å². The summed E-state index contributed by atoms with van der Waals surface area (Å²) in [7, 11) is 0. The first kappa shape index (κ1) is 22.9. The molecule has 9 heteroatoms. The average Bonchev–Trinajstić information content (AvgIpc) is 2.78. The van der Waals surface area contributed by atoms with Crippen molar-refractivity contribution in [2.45, 2.75) is 6.42 Å². The number of halogens is 2. The van der Waals surface area contributed by atoms with Crippen LogP contribution in [0.1, 0.15) is 16.8 Å². The molecule has 3 amide bonds. The predicted octanol–water partition coefficient (Wildman–Crippen LogP) is 2.58. The number of benzene rings is 2. The van der Waals surface area contributed by atoms with Crippen LogP contribution in [0.25, 0.3) is 0 Å². The molecule has 2 N–H and O–H groups in total. The van der Waals surface area contributed by atoms with Crippen LogP contribution in [-0.2, 0) is 9.59 Å². The van der Waals surface area contributed by atoms with Crippen molar-refractivity contribution in [3.8, 4) is 0 Å². The number of carbonyl (C=O) groups is 3. The van der Waals surface area contributed by atoms with Crippen molar-refractivity contribution in [1.29, 1.82) is 0 Å². The first-order valence-corrected chi connectivity index (χ1v) is 10.8. The number of rotatable bonds is 7. The minimum absolute atomic E-state index is 0.0507. The maximum atomic E-state index is 12.4. The Kier molecular flexibility index (Phi) is 8.14. The van der Waals surface area contributed by atoms with Gasteiger partial charge in [0.2, 0.25) is 11.8 Å². The van der Waals surface area contributed by atoms with E-state index in [1.54, 1.807) is 29.2 Å². The van der Waals surface area contributed by atoms with E-state index >= 15 is 0 Å². The molecule has 31 heavy (non-hydrogen) atoms. The molecule has 1 fully saturated rings. The lowest BCUT2D eigenvalue weighted by Gasteiger charge is -2.36. The van der Waals surface area contributed by atoms with Gasteiger partial charge in [0.15, 0.2) is 0 Å². The number of anilines is 1. The summed E-state index contributed by atoms with van der Waals surface area (Å²) in [5.74, 6) is -0.682. The van der Waals surface area contributed by atoms with E-state index in [4.69, 9.17) is 23.2 Å². The third-order valence-corrected chi connectivity index (χ3v) is 5.51. The molecule has 1 aliphatic rings. The Morgan fingerprint density at radius 2 is 1.39 bits per heavy atom. The Morgan fingerprint density at radius 3 is 2.00 bits per heavy atom. The fraction of sp³-hybridized carbons (Fsp3) is 0.318. The molecule has 0 aromatic heterocycles. The predicted molar refractivity (Wildman–Crippen MR) is 122 cm³/mol. The van der Waals surface area contributed by atoms with Crippen LogP contribution >= 0.6 is 23.2 Å². The third-order valence-electron chi connectivity index (χ3n) is 5.00. The van der Waals surface area contributed by atoms with E-state index in [2.05, 4.69) is 15.5 Å². The zero-order chi connectivity index (χ0) is 22.2. The van der Waals surface area contributed by atoms with Gasteiger partial charge in [-0.1, -0.05) is 23.2 Å². The number of piperazine rings is 1. The molecule has 0 atom stereocenters. The van der Waals surface area contributed by atoms with Crippen LogP contribution in [0, 0.1) is 0 Å². The largest absolute Gasteiger partial charge is 0.368 e. The molecule has 0 aliphatic carbocycles. The molecule has 0 bridgehead atoms. The highest BCUT2D eigenvalue weighted by Crippen LogP contribution is 2.19. The SMILES string of the molecule is O=C(CCNC(=O)c1ccc(Cl)cc1)NCC(=O)N1CCN(c2ccc(Cl)cc2)CC1. The molecular weight excluding hydrogens is 439 g/mol. The molecule has 2 aromatic carbocycles. The smallest absolute Gasteiger partial charge is 0.251 e. The van der Waals surface area contributed by atoms with Crippen molar-refractivity contribution >= 4 is 46.6 Å². The molecule has 0 spiro atoms. The van der Waals surface area contributed by atoms with Gasteiger partial charge in [0.05, 0.1) is 6.54 Å². The molecule has 1 aliphatic heterocycles. The Bertz CT molecular complexity index is 911. The van der Waals surface area contributed by atoms with E-state index < -0.39 is 0 Å². The molecule has 1 saturated heterocycles. The van der Waals surface area contributed by atoms with Crippen molar-refractivity contribution in [3.63, 3.8) is 0 Å². The molecule has 0 saturated carbocycles. The summed E-state index contributed by atoms with van der Waals surface area (Å²) >= 11 is 11.7. The van der Waals surface area contributed by atoms with Gasteiger partial charge in [0.1, 0.15) is 0 Å². The van der Waals surface area contributed by atoms with Crippen molar-refractivity contribution in [3.05, 3.63) is 64.1 Å². The van der Waals surface area contributed by atoms with Crippen LogP contribution in [0.2, 0.25) is 10.0 Å². The molecular formula is C22H24Cl2N4O3. The van der Waals surface area contributed by atoms with Crippen LogP contribution in [0.3, 0.4) is 0 Å². The highest BCUT2D eigenvalue weighted by atomic mass is 35.5. The van der Waals surface area contributed by atoms with Gasteiger partial charge in [-0.2, -0.15) is 0 Å². The molecule has 0 unspecified atom stereocenters. The second-order valence-corrected chi connectivity index (χ2v) is 8.01. The Hall–Kier alpha value is -2.77. The number of nitrogens with one attached hydrogen (secondary N) is 2. The lowest BCUT2D eigenvalue weighted by Crippen LogP contribution is -2.51. The molecule has 1 heterocycles. The Balaban J connectivity index is 1.33. The van der Waals surface area contributed by atoms with Gasteiger partial charge >= 0.3 is 0 Å². The summed E-state index contributed by atoms with van der Waals surface area (Å²) in [6.07, 6.45) is 0.0942. The average molecular weight is 463 g/mol. The summed E-state index contributed by atoms with van der Waals surface area (Å²) in [6, 6.07) is 14.1. The van der Waals surface area contributed by atoms with E-state index in [0.29, 0.717) is 28.7 Å². The fourth-order valence-corrected chi connectivity index (χ4v) is 3.49. The number of hydrogen-bond donors (Lipinski definition) is 2. The van der Waals surface area contributed by atoms with E-state index in [-0.39, 0.29) is 37.2 Å². The normalized spacial score (nSPS) is 13.6. The maximum Gasteiger partial charge on any atom is 0.251 e. The van der Waals surface area contributed by atoms with Crippen molar-refractivity contribution in [1.82, 2.24) is 15.5 Å². The van der Waals surface area contributed by atoms with Gasteiger partial charge < -0.3 is 20.4 Å². The Morgan fingerprint density at radius 1 is 0.806 bits per heavy atom. The standard InChI is InChI=1S/C22H24Cl2N4O3/c23-17-3-1-16(2-4-17)22(31)25-10-9-20(29)26-15-21(30)28-13-11-27(12-14-28)19-7-5-18(24)6-8-19/h1-8H,9-15H2,(H,25,31)(H,26,29). The minimum atomic E-state index is -0.287. The highest BCUT2D eigenvalue weighted by molar-refractivity contribution is 6.30. The van der Waals surface area contributed by atoms with E-state index in [1.165, 1.54) is 0 Å². The van der Waals surface area contributed by atoms with Gasteiger partial charge in [-0.25, -0.2) is 0 Å². The molecule has 164 valence electrons. The number of nitrogens with zero attached hydrogens (tertiary/aromatic N) is 2. The first-order chi connectivity index (χ1) is 14.9. The second kappa shape index (κ2) is 11.0. The van der Waals surface area contributed by atoms with Crippen molar-refractivity contribution < 1.29 is 14.4 Å². The van der Waals surface area contributed by atoms with Crippen LogP contribution in [0.15, 0.2) is 48.5 Å². The lowest BCUT2D eigenvalue weighted by atomic mass is 10.2. The summed E-state index contributed by atoms with van der Waals surface area (Å²) in [5, 5.41) is 6.54. The minimum Gasteiger partial charge on any atom is -0.368 e. The summed E-state index contributed by atoms with van der Waals surface area (Å²) in [6.45, 7) is 2.76. The summed E-state index contributed by atoms with van der Waals surface area (Å²) < 4.78 is 0. The molecule has 3 rings (SSSR count). The van der Waals surface area contributed by atoms with E-state index in [0.717, 1.165) is 18.8 Å². The fourth-order valence-electron chi connectivity index (χ4n) is 3.23. The zero-order valence-electron chi connectivity index (χ0n) is 16.9. The molecule has 0 radical (unpaired) electrons. The van der Waals surface area contributed by atoms with Crippen molar-refractivity contribution in [2.75, 3.05) is 44.2 Å². The monoisotopic (exact) mass is 462 g/mol. The second-order valence-electron chi connectivity index (χ2n) is 7.13. The van der Waals surface area contributed by atoms with Crippen LogP contribution in [0.4, 0.5) is 5.69 Å². The van der Waals surface area contributed by atoms with Crippen LogP contribution in [-0.4, -0.2) is 61.9 Å². The highest BCUT2D eigenvalue weighted by Gasteiger charge is 2.21. The summed E-state index contributed by atoms with van der Waals surface area (Å²) in [4.78, 5) is 40.3. The Labute approximate surface area is 191 Å². The van der Waals surface area contributed by atoms with E-state index in [9.17, 15) is 14.4 Å². The number of carbonyl (C=O) groups excluding carboxylic acids is 3.